The van der Waals surface area contributed by atoms with Crippen molar-refractivity contribution in [3.63, 3.8) is 0 Å². The molecular formula is C15H19N3O. The van der Waals surface area contributed by atoms with Crippen LogP contribution in [0.1, 0.15) is 24.8 Å². The summed E-state index contributed by atoms with van der Waals surface area (Å²) in [5.41, 5.74) is 1.81. The Labute approximate surface area is 113 Å². The van der Waals surface area contributed by atoms with Gasteiger partial charge in [0.1, 0.15) is 0 Å². The van der Waals surface area contributed by atoms with Crippen LogP contribution in [0, 0.1) is 0 Å². The van der Waals surface area contributed by atoms with Crippen molar-refractivity contribution in [2.45, 2.75) is 31.4 Å². The Kier molecular flexibility index (Phi) is 3.36. The molecule has 1 fully saturated rings. The molecule has 0 aliphatic heterocycles. The second-order valence-corrected chi connectivity index (χ2v) is 5.30. The molecule has 1 aromatic carbocycles. The average Bonchev–Trinajstić information content (AvgIpc) is 2.91. The third-order valence-corrected chi connectivity index (χ3v) is 3.75. The third kappa shape index (κ3) is 2.85. The molecule has 2 N–H and O–H groups in total. The van der Waals surface area contributed by atoms with E-state index in [-0.39, 0.29) is 0 Å². The number of rotatable bonds is 5. The van der Waals surface area contributed by atoms with E-state index >= 15 is 0 Å². The van der Waals surface area contributed by atoms with Gasteiger partial charge in [-0.25, -0.2) is 4.68 Å². The van der Waals surface area contributed by atoms with Crippen molar-refractivity contribution in [3.05, 3.63) is 48.3 Å². The van der Waals surface area contributed by atoms with Gasteiger partial charge < -0.3 is 10.4 Å². The number of nitrogens with zero attached hydrogens (tertiary/aromatic N) is 2. The first-order valence-corrected chi connectivity index (χ1v) is 6.77. The van der Waals surface area contributed by atoms with Crippen LogP contribution in [0.2, 0.25) is 0 Å². The van der Waals surface area contributed by atoms with Gasteiger partial charge in [-0.1, -0.05) is 12.1 Å². The summed E-state index contributed by atoms with van der Waals surface area (Å²) in [7, 11) is 0. The highest BCUT2D eigenvalue weighted by Gasteiger charge is 2.33. The highest BCUT2D eigenvalue weighted by atomic mass is 16.3. The molecule has 2 aromatic rings. The van der Waals surface area contributed by atoms with Gasteiger partial charge in [-0.3, -0.25) is 0 Å². The molecule has 0 amide bonds. The van der Waals surface area contributed by atoms with Gasteiger partial charge in [-0.2, -0.15) is 5.10 Å². The Bertz CT molecular complexity index is 532. The molecule has 4 heteroatoms. The van der Waals surface area contributed by atoms with E-state index in [0.29, 0.717) is 6.54 Å². The molecule has 3 rings (SSSR count). The van der Waals surface area contributed by atoms with Crippen LogP contribution >= 0.6 is 0 Å². The van der Waals surface area contributed by atoms with Gasteiger partial charge in [-0.05, 0) is 43.0 Å². The highest BCUT2D eigenvalue weighted by molar-refractivity contribution is 5.34. The van der Waals surface area contributed by atoms with E-state index in [1.807, 2.05) is 29.1 Å². The number of hydrogen-bond donors (Lipinski definition) is 2. The predicted molar refractivity (Wildman–Crippen MR) is 74.1 cm³/mol. The molecule has 1 heterocycles. The lowest BCUT2D eigenvalue weighted by molar-refractivity contribution is -0.0314. The maximum atomic E-state index is 10.0. The summed E-state index contributed by atoms with van der Waals surface area (Å²) in [6.07, 6.45) is 6.70. The van der Waals surface area contributed by atoms with Crippen LogP contribution in [0.5, 0.6) is 0 Å². The zero-order chi connectivity index (χ0) is 13.1. The Balaban J connectivity index is 1.60. The van der Waals surface area contributed by atoms with Gasteiger partial charge in [0.2, 0.25) is 0 Å². The normalized spacial score (nSPS) is 17.1. The molecule has 19 heavy (non-hydrogen) atoms. The summed E-state index contributed by atoms with van der Waals surface area (Å²) >= 11 is 0. The van der Waals surface area contributed by atoms with Crippen molar-refractivity contribution < 1.29 is 5.11 Å². The lowest BCUT2D eigenvalue weighted by Crippen LogP contribution is -2.45. The smallest absolute Gasteiger partial charge is 0.0771 e. The summed E-state index contributed by atoms with van der Waals surface area (Å²) in [4.78, 5) is 0. The lowest BCUT2D eigenvalue weighted by atomic mass is 9.80. The summed E-state index contributed by atoms with van der Waals surface area (Å²) < 4.78 is 1.85. The van der Waals surface area contributed by atoms with Gasteiger partial charge in [0.15, 0.2) is 0 Å². The molecule has 0 atom stereocenters. The van der Waals surface area contributed by atoms with Crippen LogP contribution in [0.25, 0.3) is 5.69 Å². The Morgan fingerprint density at radius 2 is 2.21 bits per heavy atom. The van der Waals surface area contributed by atoms with Crippen LogP contribution in [0.4, 0.5) is 0 Å². The Hall–Kier alpha value is -1.65. The van der Waals surface area contributed by atoms with E-state index < -0.39 is 5.60 Å². The molecule has 1 saturated carbocycles. The minimum absolute atomic E-state index is 0.459. The summed E-state index contributed by atoms with van der Waals surface area (Å²) in [5.74, 6) is 0. The zero-order valence-corrected chi connectivity index (χ0v) is 10.9. The van der Waals surface area contributed by atoms with Crippen LogP contribution < -0.4 is 5.32 Å². The van der Waals surface area contributed by atoms with Gasteiger partial charge >= 0.3 is 0 Å². The maximum Gasteiger partial charge on any atom is 0.0771 e. The second kappa shape index (κ2) is 5.15. The molecule has 0 saturated heterocycles. The van der Waals surface area contributed by atoms with Crippen molar-refractivity contribution in [2.24, 2.45) is 0 Å². The fourth-order valence-electron chi connectivity index (χ4n) is 2.43. The van der Waals surface area contributed by atoms with Crippen LogP contribution in [-0.2, 0) is 6.54 Å². The molecule has 1 aliphatic carbocycles. The quantitative estimate of drug-likeness (QED) is 0.860. The first-order chi connectivity index (χ1) is 9.25. The fraction of sp³-hybridized carbons (Fsp3) is 0.400. The number of benzene rings is 1. The minimum atomic E-state index is -0.459. The SMILES string of the molecule is OC1(CNCc2cccc(-n3cccn3)c2)CCC1. The first kappa shape index (κ1) is 12.4. The van der Waals surface area contributed by atoms with Crippen molar-refractivity contribution in [3.8, 4) is 5.69 Å². The highest BCUT2D eigenvalue weighted by Crippen LogP contribution is 2.30. The number of hydrogen-bond acceptors (Lipinski definition) is 3. The topological polar surface area (TPSA) is 50.1 Å². The van der Waals surface area contributed by atoms with Gasteiger partial charge in [0, 0.05) is 25.5 Å². The lowest BCUT2D eigenvalue weighted by Gasteiger charge is -2.36. The average molecular weight is 257 g/mol. The van der Waals surface area contributed by atoms with E-state index in [1.165, 1.54) is 5.56 Å². The molecule has 0 spiro atoms. The molecule has 0 radical (unpaired) electrons. The fourth-order valence-corrected chi connectivity index (χ4v) is 2.43. The van der Waals surface area contributed by atoms with Crippen LogP contribution in [0.15, 0.2) is 42.7 Å². The van der Waals surface area contributed by atoms with Crippen molar-refractivity contribution in [1.82, 2.24) is 15.1 Å². The number of aromatic nitrogens is 2. The molecule has 4 nitrogen and oxygen atoms in total. The van der Waals surface area contributed by atoms with Crippen molar-refractivity contribution in [1.29, 1.82) is 0 Å². The largest absolute Gasteiger partial charge is 0.389 e. The summed E-state index contributed by atoms with van der Waals surface area (Å²) in [5, 5.41) is 17.6. The van der Waals surface area contributed by atoms with Crippen molar-refractivity contribution in [2.75, 3.05) is 6.54 Å². The van der Waals surface area contributed by atoms with Crippen LogP contribution in [-0.4, -0.2) is 27.0 Å². The Morgan fingerprint density at radius 1 is 1.32 bits per heavy atom. The summed E-state index contributed by atoms with van der Waals surface area (Å²) in [6, 6.07) is 10.2. The van der Waals surface area contributed by atoms with E-state index in [1.54, 1.807) is 6.20 Å². The Morgan fingerprint density at radius 3 is 2.89 bits per heavy atom. The van der Waals surface area contributed by atoms with E-state index in [2.05, 4.69) is 22.5 Å². The number of nitrogens with one attached hydrogen (secondary N) is 1. The minimum Gasteiger partial charge on any atom is -0.389 e. The predicted octanol–water partition coefficient (Wildman–Crippen LogP) is 1.88. The summed E-state index contributed by atoms with van der Waals surface area (Å²) in [6.45, 7) is 1.45. The molecule has 0 bridgehead atoms. The molecule has 0 unspecified atom stereocenters. The molecular weight excluding hydrogens is 238 g/mol. The first-order valence-electron chi connectivity index (χ1n) is 6.77. The maximum absolute atomic E-state index is 10.0. The molecule has 1 aromatic heterocycles. The molecule has 1 aliphatic rings. The van der Waals surface area contributed by atoms with Gasteiger partial charge in [0.05, 0.1) is 11.3 Å². The van der Waals surface area contributed by atoms with E-state index in [4.69, 9.17) is 0 Å². The van der Waals surface area contributed by atoms with Gasteiger partial charge in [0.25, 0.3) is 0 Å². The standard InChI is InChI=1S/C15H19N3O/c19-15(6-2-7-15)12-16-11-13-4-1-5-14(10-13)18-9-3-8-17-18/h1,3-5,8-10,16,19H,2,6-7,11-12H2. The zero-order valence-electron chi connectivity index (χ0n) is 10.9. The third-order valence-electron chi connectivity index (χ3n) is 3.75. The number of aliphatic hydroxyl groups is 1. The van der Waals surface area contributed by atoms with E-state index in [9.17, 15) is 5.11 Å². The molecule has 100 valence electrons. The van der Waals surface area contributed by atoms with Crippen molar-refractivity contribution >= 4 is 0 Å². The van der Waals surface area contributed by atoms with Crippen LogP contribution in [0.3, 0.4) is 0 Å². The van der Waals surface area contributed by atoms with Gasteiger partial charge in [-0.15, -0.1) is 0 Å². The monoisotopic (exact) mass is 257 g/mol. The second-order valence-electron chi connectivity index (χ2n) is 5.30. The van der Waals surface area contributed by atoms with E-state index in [0.717, 1.165) is 31.5 Å².